The minimum absolute atomic E-state index is 0.252. The molecule has 0 aromatic heterocycles. The Bertz CT molecular complexity index is 209. The molecule has 1 fully saturated rings. The van der Waals surface area contributed by atoms with E-state index in [9.17, 15) is 0 Å². The van der Waals surface area contributed by atoms with Crippen molar-refractivity contribution < 1.29 is 0 Å². The molecule has 1 aliphatic heterocycles. The van der Waals surface area contributed by atoms with Gasteiger partial charge >= 0.3 is 0 Å². The van der Waals surface area contributed by atoms with Gasteiger partial charge in [0.25, 0.3) is 0 Å². The molecule has 2 nitrogen and oxygen atoms in total. The van der Waals surface area contributed by atoms with E-state index in [0.29, 0.717) is 0 Å². The Hall–Kier alpha value is -0.0800. The smallest absolute Gasteiger partial charge is 0.00965 e. The van der Waals surface area contributed by atoms with Gasteiger partial charge in [-0.25, -0.2) is 0 Å². The molecule has 17 heavy (non-hydrogen) atoms. The van der Waals surface area contributed by atoms with Crippen LogP contribution < -0.4 is 5.32 Å². The van der Waals surface area contributed by atoms with Gasteiger partial charge in [0, 0.05) is 24.7 Å². The van der Waals surface area contributed by atoms with Crippen LogP contribution in [0.4, 0.5) is 0 Å². The highest BCUT2D eigenvalue weighted by molar-refractivity contribution is 4.80. The molecule has 3 atom stereocenters. The Kier molecular flexibility index (Phi) is 5.46. The van der Waals surface area contributed by atoms with Crippen LogP contribution in [0, 0.1) is 11.8 Å². The lowest BCUT2D eigenvalue weighted by atomic mass is 9.90. The van der Waals surface area contributed by atoms with E-state index in [1.807, 2.05) is 0 Å². The van der Waals surface area contributed by atoms with Crippen molar-refractivity contribution in [2.24, 2.45) is 11.8 Å². The highest BCUT2D eigenvalue weighted by atomic mass is 15.2. The molecule has 0 spiro atoms. The molecule has 0 radical (unpaired) electrons. The van der Waals surface area contributed by atoms with Gasteiger partial charge in [-0.05, 0) is 58.9 Å². The van der Waals surface area contributed by atoms with Crippen molar-refractivity contribution >= 4 is 0 Å². The van der Waals surface area contributed by atoms with E-state index < -0.39 is 0 Å². The van der Waals surface area contributed by atoms with Gasteiger partial charge in [0.05, 0.1) is 0 Å². The largest absolute Gasteiger partial charge is 0.312 e. The van der Waals surface area contributed by atoms with Gasteiger partial charge in [-0.2, -0.15) is 0 Å². The minimum Gasteiger partial charge on any atom is -0.312 e. The first-order valence-electron chi connectivity index (χ1n) is 7.27. The molecule has 0 bridgehead atoms. The Labute approximate surface area is 108 Å². The first-order chi connectivity index (χ1) is 7.78. The molecular formula is C15H32N2. The average Bonchev–Trinajstić information content (AvgIpc) is 2.13. The van der Waals surface area contributed by atoms with Gasteiger partial charge in [-0.15, -0.1) is 0 Å². The van der Waals surface area contributed by atoms with E-state index in [0.717, 1.165) is 24.4 Å². The van der Waals surface area contributed by atoms with Crippen molar-refractivity contribution in [1.82, 2.24) is 10.2 Å². The van der Waals surface area contributed by atoms with E-state index in [4.69, 9.17) is 0 Å². The zero-order valence-electron chi connectivity index (χ0n) is 12.7. The van der Waals surface area contributed by atoms with Crippen LogP contribution in [0.15, 0.2) is 0 Å². The topological polar surface area (TPSA) is 15.3 Å². The second-order valence-electron chi connectivity index (χ2n) is 7.21. The lowest BCUT2D eigenvalue weighted by Crippen LogP contribution is -2.46. The quantitative estimate of drug-likeness (QED) is 0.812. The summed E-state index contributed by atoms with van der Waals surface area (Å²) < 4.78 is 0. The van der Waals surface area contributed by atoms with Crippen molar-refractivity contribution in [3.63, 3.8) is 0 Å². The fourth-order valence-electron chi connectivity index (χ4n) is 2.91. The van der Waals surface area contributed by atoms with Crippen molar-refractivity contribution in [3.8, 4) is 0 Å². The van der Waals surface area contributed by atoms with Crippen molar-refractivity contribution in [2.75, 3.05) is 19.6 Å². The molecule has 102 valence electrons. The van der Waals surface area contributed by atoms with Gasteiger partial charge in [0.2, 0.25) is 0 Å². The van der Waals surface area contributed by atoms with Crippen LogP contribution in [-0.2, 0) is 0 Å². The predicted octanol–water partition coefficient (Wildman–Crippen LogP) is 3.13. The maximum absolute atomic E-state index is 3.59. The third kappa shape index (κ3) is 5.87. The summed E-state index contributed by atoms with van der Waals surface area (Å²) >= 11 is 0. The molecule has 0 aromatic carbocycles. The van der Waals surface area contributed by atoms with Crippen molar-refractivity contribution in [2.45, 2.75) is 66.0 Å². The summed E-state index contributed by atoms with van der Waals surface area (Å²) in [6, 6.07) is 0.718. The molecule has 0 aromatic rings. The molecule has 0 saturated carbocycles. The van der Waals surface area contributed by atoms with E-state index >= 15 is 0 Å². The minimum atomic E-state index is 0.252. The molecule has 1 rings (SSSR count). The zero-order chi connectivity index (χ0) is 13.1. The maximum atomic E-state index is 3.59. The third-order valence-electron chi connectivity index (χ3n) is 3.74. The fourth-order valence-corrected chi connectivity index (χ4v) is 2.91. The number of hydrogen-bond acceptors (Lipinski definition) is 2. The summed E-state index contributed by atoms with van der Waals surface area (Å²) in [4.78, 5) is 2.68. The molecule has 0 aliphatic carbocycles. The monoisotopic (exact) mass is 240 g/mol. The summed E-state index contributed by atoms with van der Waals surface area (Å²) in [5, 5.41) is 3.59. The molecule has 3 unspecified atom stereocenters. The fraction of sp³-hybridized carbons (Fsp3) is 1.00. The molecule has 2 heteroatoms. The second kappa shape index (κ2) is 6.19. The van der Waals surface area contributed by atoms with Gasteiger partial charge in [0.1, 0.15) is 0 Å². The van der Waals surface area contributed by atoms with Crippen LogP contribution >= 0.6 is 0 Å². The van der Waals surface area contributed by atoms with E-state index in [1.54, 1.807) is 0 Å². The molecule has 1 aliphatic rings. The Balaban J connectivity index is 2.29. The van der Waals surface area contributed by atoms with Gasteiger partial charge in [-0.1, -0.05) is 13.8 Å². The zero-order valence-corrected chi connectivity index (χ0v) is 12.7. The average molecular weight is 240 g/mol. The highest BCUT2D eigenvalue weighted by Crippen LogP contribution is 2.23. The first kappa shape index (κ1) is 15.0. The Morgan fingerprint density at radius 2 is 1.71 bits per heavy atom. The van der Waals surface area contributed by atoms with Crippen LogP contribution in [-0.4, -0.2) is 36.1 Å². The Morgan fingerprint density at radius 1 is 1.18 bits per heavy atom. The Morgan fingerprint density at radius 3 is 2.18 bits per heavy atom. The summed E-state index contributed by atoms with van der Waals surface area (Å²) in [6.07, 6.45) is 2.67. The lowest BCUT2D eigenvalue weighted by Gasteiger charge is -2.39. The number of nitrogens with one attached hydrogen (secondary N) is 1. The molecular weight excluding hydrogens is 208 g/mol. The molecule has 1 saturated heterocycles. The second-order valence-corrected chi connectivity index (χ2v) is 7.21. The maximum Gasteiger partial charge on any atom is 0.00965 e. The SMILES string of the molecule is CC1CC(C)CN(C(C)CCNC(C)(C)C)C1. The van der Waals surface area contributed by atoms with Crippen molar-refractivity contribution in [3.05, 3.63) is 0 Å². The number of rotatable bonds is 4. The van der Waals surface area contributed by atoms with Crippen LogP contribution in [0.1, 0.15) is 54.4 Å². The van der Waals surface area contributed by atoms with Gasteiger partial charge in [-0.3, -0.25) is 0 Å². The van der Waals surface area contributed by atoms with E-state index in [2.05, 4.69) is 51.8 Å². The third-order valence-corrected chi connectivity index (χ3v) is 3.74. The molecule has 0 amide bonds. The van der Waals surface area contributed by atoms with Crippen LogP contribution in [0.25, 0.3) is 0 Å². The number of piperidine rings is 1. The van der Waals surface area contributed by atoms with E-state index in [1.165, 1.54) is 25.9 Å². The number of likely N-dealkylation sites (tertiary alicyclic amines) is 1. The van der Waals surface area contributed by atoms with Crippen molar-refractivity contribution in [1.29, 1.82) is 0 Å². The molecule has 1 N–H and O–H groups in total. The normalized spacial score (nSPS) is 29.3. The number of nitrogens with zero attached hydrogens (tertiary/aromatic N) is 1. The first-order valence-corrected chi connectivity index (χ1v) is 7.27. The summed E-state index contributed by atoms with van der Waals surface area (Å²) in [6.45, 7) is 17.6. The summed E-state index contributed by atoms with van der Waals surface area (Å²) in [5.74, 6) is 1.74. The van der Waals surface area contributed by atoms with E-state index in [-0.39, 0.29) is 5.54 Å². The predicted molar refractivity (Wildman–Crippen MR) is 76.4 cm³/mol. The summed E-state index contributed by atoms with van der Waals surface area (Å²) in [7, 11) is 0. The van der Waals surface area contributed by atoms with Gasteiger partial charge in [0.15, 0.2) is 0 Å². The summed E-state index contributed by atoms with van der Waals surface area (Å²) in [5.41, 5.74) is 0.252. The lowest BCUT2D eigenvalue weighted by molar-refractivity contribution is 0.0978. The number of hydrogen-bond donors (Lipinski definition) is 1. The highest BCUT2D eigenvalue weighted by Gasteiger charge is 2.25. The molecule has 1 heterocycles. The van der Waals surface area contributed by atoms with Gasteiger partial charge < -0.3 is 10.2 Å². The van der Waals surface area contributed by atoms with Crippen LogP contribution in [0.3, 0.4) is 0 Å². The van der Waals surface area contributed by atoms with Crippen LogP contribution in [0.5, 0.6) is 0 Å². The van der Waals surface area contributed by atoms with Crippen LogP contribution in [0.2, 0.25) is 0 Å². The standard InChI is InChI=1S/C15H32N2/c1-12-9-13(2)11-17(10-12)14(3)7-8-16-15(4,5)6/h12-14,16H,7-11H2,1-6H3.